The monoisotopic (exact) mass is 299 g/mol. The average molecular weight is 299 g/mol. The highest BCUT2D eigenvalue weighted by Crippen LogP contribution is 2.28. The van der Waals surface area contributed by atoms with Gasteiger partial charge in [0, 0.05) is 12.1 Å². The standard InChI is InChI=1S/C16H14FN3O2/c17-11-4-1-3-10(9-11)16-19-15-12(18)5-2-6-13(15)20(16)8-7-14(21)22/h1-6,9H,7-8,18H2,(H,21,22). The number of halogens is 1. The summed E-state index contributed by atoms with van der Waals surface area (Å²) in [7, 11) is 0. The van der Waals surface area contributed by atoms with Gasteiger partial charge in [-0.05, 0) is 24.3 Å². The molecular formula is C16H14FN3O2. The number of imidazole rings is 1. The van der Waals surface area contributed by atoms with E-state index in [9.17, 15) is 9.18 Å². The van der Waals surface area contributed by atoms with Gasteiger partial charge in [0.15, 0.2) is 0 Å². The van der Waals surface area contributed by atoms with Gasteiger partial charge in [-0.2, -0.15) is 0 Å². The Bertz CT molecular complexity index is 858. The van der Waals surface area contributed by atoms with Gasteiger partial charge >= 0.3 is 5.97 Å². The number of aliphatic carboxylic acids is 1. The Hall–Kier alpha value is -2.89. The van der Waals surface area contributed by atoms with Crippen LogP contribution in [0.5, 0.6) is 0 Å². The summed E-state index contributed by atoms with van der Waals surface area (Å²) in [4.78, 5) is 15.4. The highest BCUT2D eigenvalue weighted by molar-refractivity contribution is 5.90. The maximum absolute atomic E-state index is 13.5. The zero-order valence-electron chi connectivity index (χ0n) is 11.7. The van der Waals surface area contributed by atoms with E-state index >= 15 is 0 Å². The van der Waals surface area contributed by atoms with Crippen molar-refractivity contribution >= 4 is 22.7 Å². The van der Waals surface area contributed by atoms with E-state index in [1.54, 1.807) is 28.8 Å². The molecule has 0 saturated heterocycles. The third-order valence-electron chi connectivity index (χ3n) is 3.44. The smallest absolute Gasteiger partial charge is 0.305 e. The quantitative estimate of drug-likeness (QED) is 0.726. The molecule has 0 bridgehead atoms. The van der Waals surface area contributed by atoms with Crippen LogP contribution in [0.3, 0.4) is 0 Å². The second kappa shape index (κ2) is 5.48. The highest BCUT2D eigenvalue weighted by atomic mass is 19.1. The minimum atomic E-state index is -0.907. The molecule has 0 unspecified atom stereocenters. The molecule has 3 rings (SSSR count). The Morgan fingerprint density at radius 1 is 1.27 bits per heavy atom. The molecule has 0 aliphatic heterocycles. The van der Waals surface area contributed by atoms with Crippen molar-refractivity contribution in [1.29, 1.82) is 0 Å². The highest BCUT2D eigenvalue weighted by Gasteiger charge is 2.15. The van der Waals surface area contributed by atoms with E-state index in [-0.39, 0.29) is 18.8 Å². The fraction of sp³-hybridized carbons (Fsp3) is 0.125. The van der Waals surface area contributed by atoms with E-state index < -0.39 is 5.97 Å². The molecule has 0 saturated carbocycles. The molecule has 6 heteroatoms. The Morgan fingerprint density at radius 2 is 2.05 bits per heavy atom. The zero-order valence-corrected chi connectivity index (χ0v) is 11.7. The molecule has 2 aromatic carbocycles. The molecule has 5 nitrogen and oxygen atoms in total. The lowest BCUT2D eigenvalue weighted by molar-refractivity contribution is -0.137. The molecule has 0 fully saturated rings. The fourth-order valence-electron chi connectivity index (χ4n) is 2.45. The summed E-state index contributed by atoms with van der Waals surface area (Å²) >= 11 is 0. The second-order valence-corrected chi connectivity index (χ2v) is 4.96. The van der Waals surface area contributed by atoms with E-state index in [2.05, 4.69) is 4.98 Å². The lowest BCUT2D eigenvalue weighted by Gasteiger charge is -2.08. The van der Waals surface area contributed by atoms with E-state index in [4.69, 9.17) is 10.8 Å². The number of carboxylic acids is 1. The van der Waals surface area contributed by atoms with Crippen molar-refractivity contribution in [2.75, 3.05) is 5.73 Å². The Morgan fingerprint density at radius 3 is 2.77 bits per heavy atom. The third kappa shape index (κ3) is 2.50. The van der Waals surface area contributed by atoms with Crippen LogP contribution in [-0.4, -0.2) is 20.6 Å². The van der Waals surface area contributed by atoms with Crippen LogP contribution in [-0.2, 0) is 11.3 Å². The van der Waals surface area contributed by atoms with Gasteiger partial charge < -0.3 is 15.4 Å². The molecule has 0 spiro atoms. The van der Waals surface area contributed by atoms with Gasteiger partial charge in [0.2, 0.25) is 0 Å². The summed E-state index contributed by atoms with van der Waals surface area (Å²) in [6.07, 6.45) is -0.0530. The topological polar surface area (TPSA) is 81.1 Å². The van der Waals surface area contributed by atoms with Gasteiger partial charge in [0.1, 0.15) is 17.2 Å². The first kappa shape index (κ1) is 14.1. The van der Waals surface area contributed by atoms with Crippen molar-refractivity contribution in [3.63, 3.8) is 0 Å². The molecule has 0 atom stereocenters. The van der Waals surface area contributed by atoms with Crippen LogP contribution in [0.2, 0.25) is 0 Å². The van der Waals surface area contributed by atoms with Crippen LogP contribution >= 0.6 is 0 Å². The van der Waals surface area contributed by atoms with Gasteiger partial charge in [-0.25, -0.2) is 9.37 Å². The van der Waals surface area contributed by atoms with Gasteiger partial charge in [-0.1, -0.05) is 18.2 Å². The van der Waals surface area contributed by atoms with Gasteiger partial charge in [-0.15, -0.1) is 0 Å². The molecule has 112 valence electrons. The number of benzene rings is 2. The van der Waals surface area contributed by atoms with Crippen LogP contribution in [0.25, 0.3) is 22.4 Å². The number of nitrogens with two attached hydrogens (primary N) is 1. The van der Waals surface area contributed by atoms with Crippen molar-refractivity contribution < 1.29 is 14.3 Å². The average Bonchev–Trinajstić information content (AvgIpc) is 2.85. The number of anilines is 1. The van der Waals surface area contributed by atoms with Crippen molar-refractivity contribution in [2.24, 2.45) is 0 Å². The Kier molecular flexibility index (Phi) is 3.50. The number of fused-ring (bicyclic) bond motifs is 1. The molecule has 3 aromatic rings. The first-order chi connectivity index (χ1) is 10.6. The van der Waals surface area contributed by atoms with Crippen molar-refractivity contribution in [1.82, 2.24) is 9.55 Å². The number of para-hydroxylation sites is 1. The van der Waals surface area contributed by atoms with Gasteiger partial charge in [0.25, 0.3) is 0 Å². The fourth-order valence-corrected chi connectivity index (χ4v) is 2.45. The Labute approximate surface area is 125 Å². The molecule has 0 amide bonds. The predicted octanol–water partition coefficient (Wildman–Crippen LogP) is 2.90. The summed E-state index contributed by atoms with van der Waals surface area (Å²) in [5.41, 5.74) is 8.35. The number of aryl methyl sites for hydroxylation is 1. The lowest BCUT2D eigenvalue weighted by Crippen LogP contribution is -2.06. The van der Waals surface area contributed by atoms with Crippen molar-refractivity contribution in [3.05, 3.63) is 48.3 Å². The Balaban J connectivity index is 2.21. The number of nitrogen functional groups attached to an aromatic ring is 1. The summed E-state index contributed by atoms with van der Waals surface area (Å²) < 4.78 is 15.2. The maximum Gasteiger partial charge on any atom is 0.305 e. The summed E-state index contributed by atoms with van der Waals surface area (Å²) in [6, 6.07) is 11.4. The molecule has 0 aliphatic carbocycles. The van der Waals surface area contributed by atoms with Crippen molar-refractivity contribution in [2.45, 2.75) is 13.0 Å². The molecule has 0 aliphatic rings. The lowest BCUT2D eigenvalue weighted by atomic mass is 10.2. The van der Waals surface area contributed by atoms with Crippen LogP contribution < -0.4 is 5.73 Å². The summed E-state index contributed by atoms with van der Waals surface area (Å²) in [6.45, 7) is 0.237. The number of aromatic nitrogens is 2. The van der Waals surface area contributed by atoms with E-state index in [0.29, 0.717) is 22.6 Å². The molecule has 1 aromatic heterocycles. The minimum absolute atomic E-state index is 0.0530. The maximum atomic E-state index is 13.5. The first-order valence-electron chi connectivity index (χ1n) is 6.78. The molecular weight excluding hydrogens is 285 g/mol. The van der Waals surface area contributed by atoms with Gasteiger partial charge in [-0.3, -0.25) is 4.79 Å². The first-order valence-corrected chi connectivity index (χ1v) is 6.78. The van der Waals surface area contributed by atoms with Crippen molar-refractivity contribution in [3.8, 4) is 11.4 Å². The predicted molar refractivity (Wildman–Crippen MR) is 81.8 cm³/mol. The number of hydrogen-bond acceptors (Lipinski definition) is 3. The summed E-state index contributed by atoms with van der Waals surface area (Å²) in [5, 5.41) is 8.93. The second-order valence-electron chi connectivity index (χ2n) is 4.96. The van der Waals surface area contributed by atoms with Crippen LogP contribution in [0, 0.1) is 5.82 Å². The molecule has 0 radical (unpaired) electrons. The van der Waals surface area contributed by atoms with E-state index in [0.717, 1.165) is 5.52 Å². The largest absolute Gasteiger partial charge is 0.481 e. The number of hydrogen-bond donors (Lipinski definition) is 2. The number of nitrogens with zero attached hydrogens (tertiary/aromatic N) is 2. The molecule has 1 heterocycles. The molecule has 3 N–H and O–H groups in total. The van der Waals surface area contributed by atoms with E-state index in [1.165, 1.54) is 12.1 Å². The third-order valence-corrected chi connectivity index (χ3v) is 3.44. The van der Waals surface area contributed by atoms with Gasteiger partial charge in [0.05, 0.1) is 17.6 Å². The number of carboxylic acid groups (broad SMARTS) is 1. The van der Waals surface area contributed by atoms with E-state index in [1.807, 2.05) is 6.07 Å². The number of rotatable bonds is 4. The van der Waals surface area contributed by atoms with Crippen LogP contribution in [0.1, 0.15) is 6.42 Å². The zero-order chi connectivity index (χ0) is 15.7. The SMILES string of the molecule is Nc1cccc2c1nc(-c1cccc(F)c1)n2CCC(=O)O. The number of carbonyl (C=O) groups is 1. The van der Waals surface area contributed by atoms with Crippen LogP contribution in [0.15, 0.2) is 42.5 Å². The molecule has 22 heavy (non-hydrogen) atoms. The normalized spacial score (nSPS) is 11.0. The minimum Gasteiger partial charge on any atom is -0.481 e. The summed E-state index contributed by atoms with van der Waals surface area (Å²) in [5.74, 6) is -0.771. The van der Waals surface area contributed by atoms with Crippen LogP contribution in [0.4, 0.5) is 10.1 Å².